The summed E-state index contributed by atoms with van der Waals surface area (Å²) in [5.41, 5.74) is -0.349. The van der Waals surface area contributed by atoms with Gasteiger partial charge in [0.25, 0.3) is 0 Å². The normalized spacial score (nSPS) is 25.5. The lowest BCUT2D eigenvalue weighted by Gasteiger charge is -2.35. The van der Waals surface area contributed by atoms with E-state index in [-0.39, 0.29) is 35.7 Å². The van der Waals surface area contributed by atoms with Crippen LogP contribution in [0.1, 0.15) is 57.3 Å². The summed E-state index contributed by atoms with van der Waals surface area (Å²) in [6, 6.07) is 0.159. The molecular formula is C17H30ClN5O2. The number of nitrogens with one attached hydrogen (secondary N) is 1. The van der Waals surface area contributed by atoms with Gasteiger partial charge in [0.15, 0.2) is 5.82 Å². The SMILES string of the molecule is CN1CCNCC1c1noc(C2CCCN(C(=O)C(C)(C)C)C2)n1.Cl. The van der Waals surface area contributed by atoms with Crippen molar-refractivity contribution in [2.24, 2.45) is 5.41 Å². The molecule has 25 heavy (non-hydrogen) atoms. The van der Waals surface area contributed by atoms with Crippen molar-refractivity contribution in [3.05, 3.63) is 11.7 Å². The fraction of sp³-hybridized carbons (Fsp3) is 0.824. The summed E-state index contributed by atoms with van der Waals surface area (Å²) in [7, 11) is 2.09. The van der Waals surface area contributed by atoms with Crippen LogP contribution in [0.15, 0.2) is 4.52 Å². The summed E-state index contributed by atoms with van der Waals surface area (Å²) >= 11 is 0. The smallest absolute Gasteiger partial charge is 0.231 e. The van der Waals surface area contributed by atoms with Gasteiger partial charge in [-0.3, -0.25) is 9.69 Å². The number of piperidine rings is 1. The number of amides is 1. The summed E-state index contributed by atoms with van der Waals surface area (Å²) in [6.07, 6.45) is 1.98. The van der Waals surface area contributed by atoms with Crippen LogP contribution in [0.3, 0.4) is 0 Å². The average molecular weight is 372 g/mol. The largest absolute Gasteiger partial charge is 0.341 e. The summed E-state index contributed by atoms with van der Waals surface area (Å²) in [5, 5.41) is 7.59. The fourth-order valence-electron chi connectivity index (χ4n) is 3.48. The van der Waals surface area contributed by atoms with Gasteiger partial charge in [0.1, 0.15) is 0 Å². The van der Waals surface area contributed by atoms with Crippen molar-refractivity contribution < 1.29 is 9.32 Å². The van der Waals surface area contributed by atoms with E-state index in [1.807, 2.05) is 25.7 Å². The highest BCUT2D eigenvalue weighted by molar-refractivity contribution is 5.85. The van der Waals surface area contributed by atoms with Crippen LogP contribution in [0.5, 0.6) is 0 Å². The quantitative estimate of drug-likeness (QED) is 0.854. The maximum absolute atomic E-state index is 12.5. The molecule has 2 unspecified atom stereocenters. The van der Waals surface area contributed by atoms with Crippen LogP contribution in [0.25, 0.3) is 0 Å². The molecule has 2 atom stereocenters. The first kappa shape index (κ1) is 20.1. The molecule has 2 saturated heterocycles. The van der Waals surface area contributed by atoms with Crippen LogP contribution >= 0.6 is 12.4 Å². The van der Waals surface area contributed by atoms with Crippen molar-refractivity contribution in [2.75, 3.05) is 39.8 Å². The predicted molar refractivity (Wildman–Crippen MR) is 97.8 cm³/mol. The molecule has 0 aromatic carbocycles. The highest BCUT2D eigenvalue weighted by Crippen LogP contribution is 2.30. The summed E-state index contributed by atoms with van der Waals surface area (Å²) in [4.78, 5) is 21.4. The Morgan fingerprint density at radius 3 is 2.76 bits per heavy atom. The number of piperazine rings is 1. The van der Waals surface area contributed by atoms with Crippen molar-refractivity contribution in [1.82, 2.24) is 25.3 Å². The van der Waals surface area contributed by atoms with E-state index < -0.39 is 0 Å². The number of likely N-dealkylation sites (N-methyl/N-ethyl adjacent to an activating group) is 1. The molecule has 0 bridgehead atoms. The number of rotatable bonds is 2. The Morgan fingerprint density at radius 1 is 1.32 bits per heavy atom. The minimum absolute atomic E-state index is 0. The third-order valence-corrected chi connectivity index (χ3v) is 4.97. The number of aromatic nitrogens is 2. The maximum Gasteiger partial charge on any atom is 0.231 e. The molecule has 3 heterocycles. The van der Waals surface area contributed by atoms with Crippen molar-refractivity contribution in [3.8, 4) is 0 Å². The summed E-state index contributed by atoms with van der Waals surface area (Å²) in [6.45, 7) is 10.2. The highest BCUT2D eigenvalue weighted by Gasteiger charge is 2.34. The molecule has 0 saturated carbocycles. The second kappa shape index (κ2) is 8.01. The second-order valence-corrected chi connectivity index (χ2v) is 8.03. The molecular weight excluding hydrogens is 342 g/mol. The Morgan fingerprint density at radius 2 is 2.08 bits per heavy atom. The lowest BCUT2D eigenvalue weighted by molar-refractivity contribution is -0.140. The van der Waals surface area contributed by atoms with Gasteiger partial charge in [0.05, 0.1) is 12.0 Å². The molecule has 2 fully saturated rings. The molecule has 142 valence electrons. The molecule has 1 amide bonds. The minimum atomic E-state index is -0.349. The molecule has 3 rings (SSSR count). The minimum Gasteiger partial charge on any atom is -0.341 e. The Bertz CT molecular complexity index is 586. The van der Waals surface area contributed by atoms with Crippen molar-refractivity contribution >= 4 is 18.3 Å². The summed E-state index contributed by atoms with van der Waals surface area (Å²) < 4.78 is 5.57. The third kappa shape index (κ3) is 4.51. The predicted octanol–water partition coefficient (Wildman–Crippen LogP) is 1.82. The van der Waals surface area contributed by atoms with E-state index in [1.165, 1.54) is 0 Å². The van der Waals surface area contributed by atoms with Gasteiger partial charge in [-0.25, -0.2) is 0 Å². The van der Waals surface area contributed by atoms with Gasteiger partial charge in [-0.15, -0.1) is 12.4 Å². The fourth-order valence-corrected chi connectivity index (χ4v) is 3.48. The first-order valence-corrected chi connectivity index (χ1v) is 8.90. The Balaban J connectivity index is 0.00000225. The lowest BCUT2D eigenvalue weighted by atomic mass is 9.91. The number of carbonyl (C=O) groups is 1. The van der Waals surface area contributed by atoms with Gasteiger partial charge in [0, 0.05) is 38.1 Å². The zero-order valence-electron chi connectivity index (χ0n) is 15.6. The van der Waals surface area contributed by atoms with Crippen LogP contribution in [0.4, 0.5) is 0 Å². The van der Waals surface area contributed by atoms with Gasteiger partial charge in [-0.05, 0) is 19.9 Å². The van der Waals surface area contributed by atoms with Gasteiger partial charge in [0.2, 0.25) is 11.8 Å². The number of carbonyl (C=O) groups excluding carboxylic acids is 1. The van der Waals surface area contributed by atoms with Crippen LogP contribution < -0.4 is 5.32 Å². The van der Waals surface area contributed by atoms with Gasteiger partial charge in [-0.2, -0.15) is 4.98 Å². The number of nitrogens with zero attached hydrogens (tertiary/aromatic N) is 4. The zero-order valence-corrected chi connectivity index (χ0v) is 16.4. The molecule has 7 nitrogen and oxygen atoms in total. The van der Waals surface area contributed by atoms with Crippen LogP contribution in [0.2, 0.25) is 0 Å². The van der Waals surface area contributed by atoms with Gasteiger partial charge < -0.3 is 14.7 Å². The van der Waals surface area contributed by atoms with E-state index in [0.717, 1.165) is 44.8 Å². The lowest BCUT2D eigenvalue weighted by Crippen LogP contribution is -2.45. The number of hydrogen-bond acceptors (Lipinski definition) is 6. The first-order chi connectivity index (χ1) is 11.4. The van der Waals surface area contributed by atoms with Crippen molar-refractivity contribution in [2.45, 2.75) is 45.6 Å². The molecule has 2 aliphatic heterocycles. The van der Waals surface area contributed by atoms with E-state index in [4.69, 9.17) is 4.52 Å². The van der Waals surface area contributed by atoms with Gasteiger partial charge in [-0.1, -0.05) is 25.9 Å². The van der Waals surface area contributed by atoms with Crippen LogP contribution in [-0.2, 0) is 4.79 Å². The summed E-state index contributed by atoms with van der Waals surface area (Å²) in [5.74, 6) is 1.77. The highest BCUT2D eigenvalue weighted by atomic mass is 35.5. The van der Waals surface area contributed by atoms with Crippen LogP contribution in [-0.4, -0.2) is 65.6 Å². The number of halogens is 1. The van der Waals surface area contributed by atoms with Crippen molar-refractivity contribution in [3.63, 3.8) is 0 Å². The van der Waals surface area contributed by atoms with E-state index >= 15 is 0 Å². The molecule has 1 aromatic rings. The maximum atomic E-state index is 12.5. The number of likely N-dealkylation sites (tertiary alicyclic amines) is 1. The molecule has 8 heteroatoms. The molecule has 0 spiro atoms. The third-order valence-electron chi connectivity index (χ3n) is 4.97. The Hall–Kier alpha value is -1.18. The second-order valence-electron chi connectivity index (χ2n) is 8.03. The monoisotopic (exact) mass is 371 g/mol. The molecule has 2 aliphatic rings. The van der Waals surface area contributed by atoms with Crippen molar-refractivity contribution in [1.29, 1.82) is 0 Å². The first-order valence-electron chi connectivity index (χ1n) is 8.90. The van der Waals surface area contributed by atoms with Crippen LogP contribution in [0, 0.1) is 5.41 Å². The average Bonchev–Trinajstić information content (AvgIpc) is 3.03. The molecule has 1 N–H and O–H groups in total. The van der Waals surface area contributed by atoms with E-state index in [9.17, 15) is 4.79 Å². The van der Waals surface area contributed by atoms with E-state index in [0.29, 0.717) is 12.4 Å². The molecule has 0 aliphatic carbocycles. The van der Waals surface area contributed by atoms with E-state index in [1.54, 1.807) is 0 Å². The van der Waals surface area contributed by atoms with E-state index in [2.05, 4.69) is 27.4 Å². The standard InChI is InChI=1S/C17H29N5O2.ClH/c1-17(2,3)16(23)22-8-5-6-12(11-22)15-19-14(20-24-15)13-10-18-7-9-21(13)4;/h12-13,18H,5-11H2,1-4H3;1H. The Kier molecular flexibility index (Phi) is 6.45. The Labute approximate surface area is 155 Å². The topological polar surface area (TPSA) is 74.5 Å². The zero-order chi connectivity index (χ0) is 17.3. The number of hydrogen-bond donors (Lipinski definition) is 1. The molecule has 1 aromatic heterocycles. The van der Waals surface area contributed by atoms with Gasteiger partial charge >= 0.3 is 0 Å². The molecule has 0 radical (unpaired) electrons.